The fourth-order valence-electron chi connectivity index (χ4n) is 2.17. The van der Waals surface area contributed by atoms with Crippen LogP contribution in [0.5, 0.6) is 5.75 Å². The topological polar surface area (TPSA) is 29.5 Å². The molecule has 2 aliphatic heterocycles. The second-order valence-corrected chi connectivity index (χ2v) is 4.45. The first-order valence-corrected chi connectivity index (χ1v) is 5.67. The maximum Gasteiger partial charge on any atom is 0.237 e. The summed E-state index contributed by atoms with van der Waals surface area (Å²) >= 11 is 5.97. The van der Waals surface area contributed by atoms with Crippen LogP contribution < -0.4 is 4.74 Å². The Bertz CT molecular complexity index is 562. The van der Waals surface area contributed by atoms with Crippen LogP contribution in [0.4, 0.5) is 0 Å². The van der Waals surface area contributed by atoms with E-state index in [0.717, 1.165) is 11.1 Å². The van der Waals surface area contributed by atoms with Crippen molar-refractivity contribution in [2.75, 3.05) is 7.05 Å². The number of hydrogen-bond donors (Lipinski definition) is 0. The molecule has 86 valence electrons. The van der Waals surface area contributed by atoms with Crippen LogP contribution in [-0.4, -0.2) is 17.9 Å². The summed E-state index contributed by atoms with van der Waals surface area (Å²) < 4.78 is 5.49. The summed E-state index contributed by atoms with van der Waals surface area (Å²) in [6, 6.07) is 7.58. The second kappa shape index (κ2) is 3.64. The van der Waals surface area contributed by atoms with Gasteiger partial charge in [0.05, 0.1) is 5.92 Å². The van der Waals surface area contributed by atoms with Crippen LogP contribution in [0, 0.1) is 5.92 Å². The summed E-state index contributed by atoms with van der Waals surface area (Å²) in [5.74, 6) is 0.361. The molecule has 1 amide bonds. The Morgan fingerprint density at radius 2 is 2.12 bits per heavy atom. The lowest BCUT2D eigenvalue weighted by atomic mass is 9.95. The number of hydrogen-bond acceptors (Lipinski definition) is 2. The minimum Gasteiger partial charge on any atom is -0.445 e. The molecule has 0 aliphatic carbocycles. The predicted octanol–water partition coefficient (Wildman–Crippen LogP) is 2.59. The lowest BCUT2D eigenvalue weighted by Gasteiger charge is -2.07. The van der Waals surface area contributed by atoms with Crippen molar-refractivity contribution in [3.63, 3.8) is 0 Å². The second-order valence-electron chi connectivity index (χ2n) is 4.08. The van der Waals surface area contributed by atoms with Crippen LogP contribution >= 0.6 is 11.6 Å². The fourth-order valence-corrected chi connectivity index (χ4v) is 2.38. The molecule has 0 radical (unpaired) electrons. The minimum atomic E-state index is -0.337. The summed E-state index contributed by atoms with van der Waals surface area (Å²) in [6.45, 7) is 0. The lowest BCUT2D eigenvalue weighted by Crippen LogP contribution is -2.21. The highest BCUT2D eigenvalue weighted by atomic mass is 35.5. The average molecular weight is 248 g/mol. The quantitative estimate of drug-likeness (QED) is 0.705. The minimum absolute atomic E-state index is 0.0125. The molecule has 1 atom stereocenters. The molecule has 0 spiro atoms. The molecule has 0 saturated carbocycles. The van der Waals surface area contributed by atoms with Gasteiger partial charge >= 0.3 is 0 Å². The summed E-state index contributed by atoms with van der Waals surface area (Å²) in [6.07, 6.45) is 3.49. The first kappa shape index (κ1) is 10.4. The van der Waals surface area contributed by atoms with Crippen molar-refractivity contribution in [2.45, 2.75) is 0 Å². The van der Waals surface area contributed by atoms with E-state index >= 15 is 0 Å². The molecule has 3 nitrogen and oxygen atoms in total. The summed E-state index contributed by atoms with van der Waals surface area (Å²) in [4.78, 5) is 13.5. The predicted molar refractivity (Wildman–Crippen MR) is 65.2 cm³/mol. The van der Waals surface area contributed by atoms with Crippen LogP contribution in [0.3, 0.4) is 0 Å². The van der Waals surface area contributed by atoms with E-state index in [1.165, 1.54) is 0 Å². The van der Waals surface area contributed by atoms with Gasteiger partial charge in [0.2, 0.25) is 5.91 Å². The van der Waals surface area contributed by atoms with Crippen LogP contribution in [0.1, 0.15) is 5.56 Å². The van der Waals surface area contributed by atoms with Gasteiger partial charge in [-0.1, -0.05) is 18.2 Å². The summed E-state index contributed by atoms with van der Waals surface area (Å²) in [5.41, 5.74) is 1.85. The number of halogens is 1. The molecule has 1 aromatic carbocycles. The third-order valence-corrected chi connectivity index (χ3v) is 3.19. The van der Waals surface area contributed by atoms with Crippen molar-refractivity contribution in [2.24, 2.45) is 5.92 Å². The van der Waals surface area contributed by atoms with Crippen molar-refractivity contribution in [3.05, 3.63) is 47.3 Å². The van der Waals surface area contributed by atoms with E-state index in [4.69, 9.17) is 16.3 Å². The highest BCUT2D eigenvalue weighted by Crippen LogP contribution is 2.40. The molecule has 2 aliphatic rings. The fraction of sp³-hybridized carbons (Fsp3) is 0.154. The Kier molecular flexibility index (Phi) is 2.23. The zero-order chi connectivity index (χ0) is 12.0. The largest absolute Gasteiger partial charge is 0.445 e. The number of nitrogens with zero attached hydrogens (tertiary/aromatic N) is 1. The van der Waals surface area contributed by atoms with E-state index in [0.29, 0.717) is 5.75 Å². The number of para-hydroxylation sites is 1. The van der Waals surface area contributed by atoms with Gasteiger partial charge in [0.15, 0.2) is 5.22 Å². The normalized spacial score (nSPS) is 22.1. The van der Waals surface area contributed by atoms with Gasteiger partial charge < -0.3 is 9.64 Å². The molecule has 3 rings (SSSR count). The van der Waals surface area contributed by atoms with E-state index in [1.54, 1.807) is 18.0 Å². The highest BCUT2D eigenvalue weighted by Gasteiger charge is 2.34. The van der Waals surface area contributed by atoms with Crippen molar-refractivity contribution in [1.82, 2.24) is 4.90 Å². The van der Waals surface area contributed by atoms with Crippen LogP contribution in [0.2, 0.25) is 0 Å². The molecule has 2 heterocycles. The third-order valence-electron chi connectivity index (χ3n) is 2.98. The number of carbonyl (C=O) groups excluding carboxylic acids is 1. The molecular formula is C13H10ClNO2. The van der Waals surface area contributed by atoms with Crippen LogP contribution in [-0.2, 0) is 4.79 Å². The summed E-state index contributed by atoms with van der Waals surface area (Å²) in [7, 11) is 1.75. The van der Waals surface area contributed by atoms with Crippen molar-refractivity contribution in [1.29, 1.82) is 0 Å². The molecule has 0 N–H and O–H groups in total. The van der Waals surface area contributed by atoms with Crippen LogP contribution in [0.15, 0.2) is 41.8 Å². The van der Waals surface area contributed by atoms with Gasteiger partial charge in [-0.15, -0.1) is 0 Å². The molecule has 1 unspecified atom stereocenters. The number of ether oxygens (including phenoxy) is 1. The monoisotopic (exact) mass is 247 g/mol. The Balaban J connectivity index is 2.22. The van der Waals surface area contributed by atoms with Gasteiger partial charge in [0, 0.05) is 18.8 Å². The molecular weight excluding hydrogens is 238 g/mol. The SMILES string of the molecule is CN1C=C2c3ccccc3OC(Cl)=CC2C1=O. The molecule has 0 fully saturated rings. The first-order valence-electron chi connectivity index (χ1n) is 5.30. The Hall–Kier alpha value is -1.74. The Morgan fingerprint density at radius 3 is 2.94 bits per heavy atom. The van der Waals surface area contributed by atoms with Crippen molar-refractivity contribution in [3.8, 4) is 5.75 Å². The van der Waals surface area contributed by atoms with E-state index < -0.39 is 0 Å². The van der Waals surface area contributed by atoms with Gasteiger partial charge in [0.25, 0.3) is 0 Å². The van der Waals surface area contributed by atoms with Gasteiger partial charge in [-0.05, 0) is 29.3 Å². The van der Waals surface area contributed by atoms with Crippen molar-refractivity contribution >= 4 is 23.1 Å². The number of fused-ring (bicyclic) bond motifs is 3. The molecule has 0 bridgehead atoms. The standard InChI is InChI=1S/C13H10ClNO2/c1-15-7-10-8-4-2-3-5-11(8)17-12(14)6-9(10)13(15)16/h2-7,9H,1H3. The average Bonchev–Trinajstić information content (AvgIpc) is 2.51. The zero-order valence-corrected chi connectivity index (χ0v) is 9.94. The lowest BCUT2D eigenvalue weighted by molar-refractivity contribution is -0.127. The number of benzene rings is 1. The molecule has 1 aromatic rings. The summed E-state index contributed by atoms with van der Waals surface area (Å²) in [5, 5.41) is 0.245. The molecule has 17 heavy (non-hydrogen) atoms. The van der Waals surface area contributed by atoms with Gasteiger partial charge in [-0.3, -0.25) is 4.79 Å². The number of amides is 1. The molecule has 0 aromatic heterocycles. The maximum atomic E-state index is 12.0. The first-order chi connectivity index (χ1) is 8.16. The van der Waals surface area contributed by atoms with E-state index in [-0.39, 0.29) is 17.0 Å². The van der Waals surface area contributed by atoms with Gasteiger partial charge in [0.1, 0.15) is 5.75 Å². The number of rotatable bonds is 0. The maximum absolute atomic E-state index is 12.0. The van der Waals surface area contributed by atoms with Gasteiger partial charge in [-0.2, -0.15) is 0 Å². The highest BCUT2D eigenvalue weighted by molar-refractivity contribution is 6.29. The van der Waals surface area contributed by atoms with E-state index in [2.05, 4.69) is 0 Å². The Morgan fingerprint density at radius 1 is 1.35 bits per heavy atom. The van der Waals surface area contributed by atoms with Crippen LogP contribution in [0.25, 0.3) is 5.57 Å². The Labute approximate surface area is 104 Å². The number of carbonyl (C=O) groups is 1. The zero-order valence-electron chi connectivity index (χ0n) is 9.18. The molecule has 4 heteroatoms. The van der Waals surface area contributed by atoms with E-state index in [9.17, 15) is 4.79 Å². The van der Waals surface area contributed by atoms with Crippen molar-refractivity contribution < 1.29 is 9.53 Å². The smallest absolute Gasteiger partial charge is 0.237 e. The third kappa shape index (κ3) is 1.54. The van der Waals surface area contributed by atoms with Gasteiger partial charge in [-0.25, -0.2) is 0 Å². The van der Waals surface area contributed by atoms with E-state index in [1.807, 2.05) is 30.5 Å². The molecule has 0 saturated heterocycles.